The van der Waals surface area contributed by atoms with Gasteiger partial charge in [-0.25, -0.2) is 0 Å². The largest absolute Gasteiger partial charge is 0.394 e. The van der Waals surface area contributed by atoms with E-state index in [1.807, 2.05) is 13.8 Å². The van der Waals surface area contributed by atoms with E-state index in [0.29, 0.717) is 6.54 Å². The molecule has 2 N–H and O–H groups in total. The predicted molar refractivity (Wildman–Crippen MR) is 74.6 cm³/mol. The van der Waals surface area contributed by atoms with Gasteiger partial charge in [-0.05, 0) is 49.0 Å². The van der Waals surface area contributed by atoms with Gasteiger partial charge in [0.05, 0.1) is 6.61 Å². The van der Waals surface area contributed by atoms with Crippen LogP contribution in [0.2, 0.25) is 0 Å². The number of halogens is 1. The summed E-state index contributed by atoms with van der Waals surface area (Å²) in [7, 11) is 0. The number of rotatable bonds is 5. The van der Waals surface area contributed by atoms with Crippen LogP contribution in [0.15, 0.2) is 4.60 Å². The number of ether oxygens (including phenoxy) is 1. The molecule has 1 fully saturated rings. The molecule has 1 aliphatic rings. The minimum absolute atomic E-state index is 0.0512. The fraction of sp³-hybridized carbons (Fsp3) is 0.833. The van der Waals surface area contributed by atoms with Crippen molar-refractivity contribution < 1.29 is 9.84 Å². The third kappa shape index (κ3) is 3.98. The van der Waals surface area contributed by atoms with E-state index in [9.17, 15) is 5.11 Å². The fourth-order valence-corrected chi connectivity index (χ4v) is 2.24. The van der Waals surface area contributed by atoms with Gasteiger partial charge in [-0.15, -0.1) is 5.10 Å². The van der Waals surface area contributed by atoms with Crippen molar-refractivity contribution in [2.75, 3.05) is 13.2 Å². The maximum Gasteiger partial charge on any atom is 0.169 e. The first kappa shape index (κ1) is 14.9. The Morgan fingerprint density at radius 2 is 2.26 bits per heavy atom. The van der Waals surface area contributed by atoms with Gasteiger partial charge in [0.25, 0.3) is 0 Å². The van der Waals surface area contributed by atoms with Gasteiger partial charge in [-0.2, -0.15) is 9.90 Å². The van der Waals surface area contributed by atoms with Crippen LogP contribution in [0.1, 0.15) is 45.0 Å². The molecule has 1 aliphatic heterocycles. The molecule has 0 bridgehead atoms. The molecule has 2 rings (SSSR count). The van der Waals surface area contributed by atoms with Crippen LogP contribution in [-0.4, -0.2) is 38.9 Å². The predicted octanol–water partition coefficient (Wildman–Crippen LogP) is 1.60. The monoisotopic (exact) mass is 332 g/mol. The molecule has 0 aliphatic carbocycles. The Balaban J connectivity index is 2.00. The lowest BCUT2D eigenvalue weighted by Gasteiger charge is -2.23. The average Bonchev–Trinajstić information content (AvgIpc) is 2.79. The van der Waals surface area contributed by atoms with Crippen LogP contribution < -0.4 is 5.32 Å². The molecule has 0 radical (unpaired) electrons. The number of nitrogens with zero attached hydrogens (tertiary/aromatic N) is 3. The van der Waals surface area contributed by atoms with Crippen LogP contribution in [0.5, 0.6) is 0 Å². The first-order valence-corrected chi connectivity index (χ1v) is 7.40. The molecule has 1 saturated heterocycles. The average molecular weight is 333 g/mol. The molecule has 1 unspecified atom stereocenters. The van der Waals surface area contributed by atoms with Gasteiger partial charge in [0, 0.05) is 18.7 Å². The smallest absolute Gasteiger partial charge is 0.169 e. The Hall–Kier alpha value is -0.500. The van der Waals surface area contributed by atoms with E-state index in [2.05, 4.69) is 31.4 Å². The molecular formula is C12H21BrN4O2. The van der Waals surface area contributed by atoms with E-state index in [4.69, 9.17) is 4.74 Å². The summed E-state index contributed by atoms with van der Waals surface area (Å²) < 4.78 is 6.38. The third-order valence-corrected chi connectivity index (χ3v) is 3.81. The topological polar surface area (TPSA) is 72.2 Å². The number of aliphatic hydroxyl groups excluding tert-OH is 1. The van der Waals surface area contributed by atoms with Gasteiger partial charge in [0.15, 0.2) is 10.8 Å². The fourth-order valence-electron chi connectivity index (χ4n) is 1.86. The maximum absolute atomic E-state index is 9.21. The van der Waals surface area contributed by atoms with Crippen molar-refractivity contribution in [3.63, 3.8) is 0 Å². The van der Waals surface area contributed by atoms with Crippen LogP contribution in [0.25, 0.3) is 0 Å². The van der Waals surface area contributed by atoms with E-state index < -0.39 is 0 Å². The van der Waals surface area contributed by atoms with Crippen molar-refractivity contribution in [3.8, 4) is 0 Å². The summed E-state index contributed by atoms with van der Waals surface area (Å²) in [5.41, 5.74) is 0.501. The molecule has 108 valence electrons. The van der Waals surface area contributed by atoms with Crippen molar-refractivity contribution in [2.45, 2.75) is 51.4 Å². The molecular weight excluding hydrogens is 312 g/mol. The zero-order valence-corrected chi connectivity index (χ0v) is 13.0. The third-order valence-electron chi connectivity index (χ3n) is 3.19. The lowest BCUT2D eigenvalue weighted by atomic mass is 10.1. The van der Waals surface area contributed by atoms with Crippen molar-refractivity contribution in [1.82, 2.24) is 20.3 Å². The lowest BCUT2D eigenvalue weighted by molar-refractivity contribution is -0.0483. The van der Waals surface area contributed by atoms with Crippen LogP contribution in [0.3, 0.4) is 0 Å². The molecule has 19 heavy (non-hydrogen) atoms. The Labute approximate surface area is 121 Å². The number of aromatic nitrogens is 3. The van der Waals surface area contributed by atoms with Crippen molar-refractivity contribution in [3.05, 3.63) is 10.3 Å². The van der Waals surface area contributed by atoms with Gasteiger partial charge >= 0.3 is 0 Å². The van der Waals surface area contributed by atoms with Gasteiger partial charge in [0.1, 0.15) is 5.69 Å². The van der Waals surface area contributed by atoms with E-state index in [1.165, 1.54) is 0 Å². The van der Waals surface area contributed by atoms with Crippen molar-refractivity contribution in [1.29, 1.82) is 0 Å². The minimum Gasteiger partial charge on any atom is -0.394 e. The first-order chi connectivity index (χ1) is 9.02. The van der Waals surface area contributed by atoms with E-state index in [1.54, 1.807) is 4.80 Å². The SMILES string of the molecule is CC(C)(CO)NCc1nn(C2CCCCO2)nc1Br. The van der Waals surface area contributed by atoms with Gasteiger partial charge in [0.2, 0.25) is 0 Å². The highest BCUT2D eigenvalue weighted by Crippen LogP contribution is 2.23. The summed E-state index contributed by atoms with van der Waals surface area (Å²) in [6.45, 7) is 5.28. The van der Waals surface area contributed by atoms with Crippen LogP contribution in [-0.2, 0) is 11.3 Å². The normalized spacial score (nSPS) is 20.7. The Kier molecular flexibility index (Phi) is 4.94. The maximum atomic E-state index is 9.21. The molecule has 0 saturated carbocycles. The second-order valence-electron chi connectivity index (χ2n) is 5.47. The molecule has 6 nitrogen and oxygen atoms in total. The molecule has 7 heteroatoms. The van der Waals surface area contributed by atoms with Crippen LogP contribution >= 0.6 is 15.9 Å². The second-order valence-corrected chi connectivity index (χ2v) is 6.23. The van der Waals surface area contributed by atoms with Crippen LogP contribution in [0, 0.1) is 0 Å². The summed E-state index contributed by atoms with van der Waals surface area (Å²) >= 11 is 3.42. The number of nitrogens with one attached hydrogen (secondary N) is 1. The molecule has 0 aromatic carbocycles. The molecule has 1 aromatic rings. The Morgan fingerprint density at radius 3 is 2.89 bits per heavy atom. The van der Waals surface area contributed by atoms with E-state index in [0.717, 1.165) is 36.2 Å². The van der Waals surface area contributed by atoms with Crippen LogP contribution in [0.4, 0.5) is 0 Å². The zero-order valence-electron chi connectivity index (χ0n) is 11.4. The summed E-state index contributed by atoms with van der Waals surface area (Å²) in [5, 5.41) is 21.3. The molecule has 2 heterocycles. The number of aliphatic hydroxyl groups is 1. The standard InChI is InChI=1S/C12H21BrN4O2/c1-12(2,8-18)14-7-9-11(13)16-17(15-9)10-5-3-4-6-19-10/h10,14,18H,3-8H2,1-2H3. The molecule has 0 spiro atoms. The minimum atomic E-state index is -0.329. The molecule has 1 atom stereocenters. The summed E-state index contributed by atoms with van der Waals surface area (Å²) in [6, 6.07) is 0. The number of hydrogen-bond acceptors (Lipinski definition) is 5. The van der Waals surface area contributed by atoms with E-state index >= 15 is 0 Å². The highest BCUT2D eigenvalue weighted by molar-refractivity contribution is 9.10. The van der Waals surface area contributed by atoms with Gasteiger partial charge < -0.3 is 15.2 Å². The summed E-state index contributed by atoms with van der Waals surface area (Å²) in [6.07, 6.45) is 3.16. The van der Waals surface area contributed by atoms with Crippen molar-refractivity contribution in [2.24, 2.45) is 0 Å². The van der Waals surface area contributed by atoms with Gasteiger partial charge in [-0.1, -0.05) is 0 Å². The highest BCUT2D eigenvalue weighted by Gasteiger charge is 2.21. The van der Waals surface area contributed by atoms with Gasteiger partial charge in [-0.3, -0.25) is 0 Å². The summed E-state index contributed by atoms with van der Waals surface area (Å²) in [5.74, 6) is 0. The van der Waals surface area contributed by atoms with Crippen molar-refractivity contribution >= 4 is 15.9 Å². The first-order valence-electron chi connectivity index (χ1n) is 6.60. The quantitative estimate of drug-likeness (QED) is 0.856. The summed E-state index contributed by atoms with van der Waals surface area (Å²) in [4.78, 5) is 1.65. The zero-order chi connectivity index (χ0) is 13.9. The Bertz CT molecular complexity index is 416. The molecule has 1 aromatic heterocycles. The Morgan fingerprint density at radius 1 is 1.47 bits per heavy atom. The van der Waals surface area contributed by atoms with E-state index in [-0.39, 0.29) is 18.4 Å². The lowest BCUT2D eigenvalue weighted by Crippen LogP contribution is -2.42. The highest BCUT2D eigenvalue weighted by atomic mass is 79.9. The second kappa shape index (κ2) is 6.30. The number of hydrogen-bond donors (Lipinski definition) is 2. The molecule has 0 amide bonds.